The fraction of sp³-hybridized carbons (Fsp3) is 0.800. The summed E-state index contributed by atoms with van der Waals surface area (Å²) in [6.45, 7) is 12.5. The van der Waals surface area contributed by atoms with E-state index in [0.717, 1.165) is 19.3 Å². The Hall–Kier alpha value is -2.29. The molecule has 0 bridgehead atoms. The molecule has 2 fully saturated rings. The summed E-state index contributed by atoms with van der Waals surface area (Å²) in [6.07, 6.45) is 4.02. The number of Topliss-reactive ketones (excluding diaryl/α,β-unsaturated/α-hetero) is 1. The van der Waals surface area contributed by atoms with Crippen molar-refractivity contribution in [2.24, 2.45) is 17.3 Å². The Morgan fingerprint density at radius 1 is 1.15 bits per heavy atom. The molecule has 1 saturated carbocycles. The molecule has 2 atom stereocenters. The number of nitrogens with zero attached hydrogens (tertiary/aromatic N) is 3. The Kier molecular flexibility index (Phi) is 8.84. The van der Waals surface area contributed by atoms with Crippen molar-refractivity contribution in [2.75, 3.05) is 26.3 Å². The van der Waals surface area contributed by atoms with Crippen LogP contribution >= 0.6 is 0 Å². The van der Waals surface area contributed by atoms with Crippen LogP contribution in [0.5, 0.6) is 0 Å². The van der Waals surface area contributed by atoms with Gasteiger partial charge in [0.2, 0.25) is 17.6 Å². The van der Waals surface area contributed by atoms with E-state index < -0.39 is 12.0 Å². The van der Waals surface area contributed by atoms with Crippen molar-refractivity contribution in [2.45, 2.75) is 85.1 Å². The maximum absolute atomic E-state index is 13.4. The molecule has 1 saturated heterocycles. The first-order valence-corrected chi connectivity index (χ1v) is 12.6. The van der Waals surface area contributed by atoms with Gasteiger partial charge in [-0.15, -0.1) is 0 Å². The van der Waals surface area contributed by atoms with Gasteiger partial charge < -0.3 is 19.5 Å². The van der Waals surface area contributed by atoms with E-state index in [9.17, 15) is 14.4 Å². The van der Waals surface area contributed by atoms with E-state index in [4.69, 9.17) is 9.26 Å². The summed E-state index contributed by atoms with van der Waals surface area (Å²) in [5, 5.41) is 6.81. The van der Waals surface area contributed by atoms with Crippen molar-refractivity contribution >= 4 is 17.6 Å². The number of rotatable bonds is 12. The quantitative estimate of drug-likeness (QED) is 0.460. The highest BCUT2D eigenvalue weighted by molar-refractivity contribution is 5.99. The summed E-state index contributed by atoms with van der Waals surface area (Å²) < 4.78 is 10.5. The van der Waals surface area contributed by atoms with Gasteiger partial charge in [0.05, 0.1) is 19.3 Å². The number of amides is 2. The first kappa shape index (κ1) is 26.3. The van der Waals surface area contributed by atoms with E-state index in [0.29, 0.717) is 50.9 Å². The molecule has 1 aliphatic heterocycles. The van der Waals surface area contributed by atoms with Crippen molar-refractivity contribution in [1.29, 1.82) is 0 Å². The second-order valence-corrected chi connectivity index (χ2v) is 10.9. The first-order chi connectivity index (χ1) is 16.1. The number of hydrogen-bond acceptors (Lipinski definition) is 7. The minimum absolute atomic E-state index is 0.0471. The van der Waals surface area contributed by atoms with Crippen LogP contribution in [0, 0.1) is 17.3 Å². The average molecular weight is 477 g/mol. The summed E-state index contributed by atoms with van der Waals surface area (Å²) >= 11 is 0. The Morgan fingerprint density at radius 2 is 1.82 bits per heavy atom. The summed E-state index contributed by atoms with van der Waals surface area (Å²) in [6, 6.07) is -0.769. The number of nitrogens with one attached hydrogen (secondary N) is 1. The smallest absolute Gasteiger partial charge is 0.296 e. The lowest BCUT2D eigenvalue weighted by molar-refractivity contribution is -0.140. The Morgan fingerprint density at radius 3 is 2.41 bits per heavy atom. The van der Waals surface area contributed by atoms with E-state index in [1.54, 1.807) is 4.90 Å². The van der Waals surface area contributed by atoms with Gasteiger partial charge in [0.25, 0.3) is 5.89 Å². The van der Waals surface area contributed by atoms with Crippen LogP contribution in [0.3, 0.4) is 0 Å². The number of morpholine rings is 1. The van der Waals surface area contributed by atoms with Crippen LogP contribution in [-0.2, 0) is 14.3 Å². The van der Waals surface area contributed by atoms with E-state index in [2.05, 4.69) is 43.2 Å². The third-order valence-corrected chi connectivity index (χ3v) is 6.55. The molecule has 1 N–H and O–H groups in total. The SMILES string of the molecule is CC[C@@H](NC(=O)[C@H](CC(=O)N1CCOCC1)CC(C)(C)CC(C)C)C(=O)c1nc(C2CC2)no1. The second kappa shape index (κ2) is 11.4. The monoisotopic (exact) mass is 476 g/mol. The molecule has 9 heteroatoms. The molecular formula is C25H40N4O5. The summed E-state index contributed by atoms with van der Waals surface area (Å²) in [5.41, 5.74) is -0.126. The lowest BCUT2D eigenvalue weighted by Gasteiger charge is -2.33. The number of ketones is 1. The highest BCUT2D eigenvalue weighted by Crippen LogP contribution is 2.38. The van der Waals surface area contributed by atoms with Crippen LogP contribution in [0.15, 0.2) is 4.52 Å². The van der Waals surface area contributed by atoms with E-state index >= 15 is 0 Å². The van der Waals surface area contributed by atoms with Crippen molar-refractivity contribution in [3.05, 3.63) is 11.7 Å². The largest absolute Gasteiger partial charge is 0.378 e. The fourth-order valence-corrected chi connectivity index (χ4v) is 4.90. The van der Waals surface area contributed by atoms with E-state index in [-0.39, 0.29) is 41.2 Å². The topological polar surface area (TPSA) is 115 Å². The first-order valence-electron chi connectivity index (χ1n) is 12.6. The van der Waals surface area contributed by atoms with Gasteiger partial charge in [0, 0.05) is 31.3 Å². The van der Waals surface area contributed by atoms with Crippen molar-refractivity contribution in [3.8, 4) is 0 Å². The van der Waals surface area contributed by atoms with Crippen LogP contribution in [0.25, 0.3) is 0 Å². The number of ether oxygens (including phenoxy) is 1. The lowest BCUT2D eigenvalue weighted by atomic mass is 9.75. The van der Waals surface area contributed by atoms with Crippen LogP contribution < -0.4 is 5.32 Å². The Labute approximate surface area is 202 Å². The Bertz CT molecular complexity index is 855. The van der Waals surface area contributed by atoms with Crippen molar-refractivity contribution < 1.29 is 23.6 Å². The maximum Gasteiger partial charge on any atom is 0.296 e. The predicted molar refractivity (Wildman–Crippen MR) is 126 cm³/mol. The number of aromatic nitrogens is 2. The molecule has 2 aliphatic rings. The highest BCUT2D eigenvalue weighted by Gasteiger charge is 2.35. The molecule has 9 nitrogen and oxygen atoms in total. The molecule has 3 rings (SSSR count). The van der Waals surface area contributed by atoms with Crippen molar-refractivity contribution in [1.82, 2.24) is 20.4 Å². The van der Waals surface area contributed by atoms with E-state index in [1.807, 2.05) is 6.92 Å². The molecule has 2 amide bonds. The molecule has 0 spiro atoms. The van der Waals surface area contributed by atoms with Crippen LogP contribution in [0.1, 0.15) is 95.6 Å². The minimum Gasteiger partial charge on any atom is -0.378 e. The highest BCUT2D eigenvalue weighted by atomic mass is 16.5. The number of hydrogen-bond donors (Lipinski definition) is 1. The fourth-order valence-electron chi connectivity index (χ4n) is 4.90. The van der Waals surface area contributed by atoms with Crippen molar-refractivity contribution in [3.63, 3.8) is 0 Å². The lowest BCUT2D eigenvalue weighted by Crippen LogP contribution is -2.47. The van der Waals surface area contributed by atoms with Gasteiger partial charge in [-0.05, 0) is 43.4 Å². The molecular weight excluding hydrogens is 436 g/mol. The number of carbonyl (C=O) groups excluding carboxylic acids is 3. The van der Waals surface area contributed by atoms with Crippen LogP contribution in [-0.4, -0.2) is 65.0 Å². The molecule has 190 valence electrons. The minimum atomic E-state index is -0.769. The standard InChI is InChI=1S/C25H40N4O5/c1-6-19(21(31)24-27-22(28-34-24)17-7-8-17)26-23(32)18(15-25(4,5)14-16(2)3)13-20(30)29-9-11-33-12-10-29/h16-19H,6-15H2,1-5H3,(H,26,32)/t18-,19-/m1/s1. The summed E-state index contributed by atoms with van der Waals surface area (Å²) in [4.78, 5) is 45.4. The van der Waals surface area contributed by atoms with Crippen LogP contribution in [0.4, 0.5) is 0 Å². The van der Waals surface area contributed by atoms with Gasteiger partial charge in [0.15, 0.2) is 5.82 Å². The number of carbonyl (C=O) groups is 3. The molecule has 0 unspecified atom stereocenters. The van der Waals surface area contributed by atoms with Gasteiger partial charge >= 0.3 is 0 Å². The van der Waals surface area contributed by atoms with Gasteiger partial charge in [-0.25, -0.2) is 0 Å². The van der Waals surface area contributed by atoms with Crippen LogP contribution in [0.2, 0.25) is 0 Å². The van der Waals surface area contributed by atoms with E-state index in [1.165, 1.54) is 0 Å². The Balaban J connectivity index is 1.70. The third kappa shape index (κ3) is 7.35. The molecule has 2 heterocycles. The molecule has 1 aromatic rings. The summed E-state index contributed by atoms with van der Waals surface area (Å²) in [5.74, 6) is 0.0138. The molecule has 1 aliphatic carbocycles. The van der Waals surface area contributed by atoms with Gasteiger partial charge in [-0.1, -0.05) is 39.8 Å². The average Bonchev–Trinajstić information content (AvgIpc) is 3.52. The summed E-state index contributed by atoms with van der Waals surface area (Å²) in [7, 11) is 0. The maximum atomic E-state index is 13.4. The molecule has 0 aromatic carbocycles. The predicted octanol–water partition coefficient (Wildman–Crippen LogP) is 3.35. The molecule has 34 heavy (non-hydrogen) atoms. The molecule has 0 radical (unpaired) electrons. The third-order valence-electron chi connectivity index (χ3n) is 6.55. The van der Waals surface area contributed by atoms with Gasteiger partial charge in [0.1, 0.15) is 0 Å². The zero-order valence-corrected chi connectivity index (χ0v) is 21.3. The molecule has 1 aromatic heterocycles. The second-order valence-electron chi connectivity index (χ2n) is 10.9. The zero-order valence-electron chi connectivity index (χ0n) is 21.3. The normalized spacial score (nSPS) is 18.6. The zero-order chi connectivity index (χ0) is 24.9. The van der Waals surface area contributed by atoms with Gasteiger partial charge in [-0.3, -0.25) is 14.4 Å². The van der Waals surface area contributed by atoms with Gasteiger partial charge in [-0.2, -0.15) is 4.98 Å².